The number of rotatable bonds is 6. The number of anilines is 1. The molecule has 0 spiro atoms. The molecule has 160 valence electrons. The summed E-state index contributed by atoms with van der Waals surface area (Å²) >= 11 is 0. The van der Waals surface area contributed by atoms with Crippen LogP contribution in [-0.4, -0.2) is 23.3 Å². The Morgan fingerprint density at radius 1 is 1.10 bits per heavy atom. The highest BCUT2D eigenvalue weighted by Crippen LogP contribution is 2.37. The van der Waals surface area contributed by atoms with Gasteiger partial charge in [-0.3, -0.25) is 9.59 Å². The molecule has 2 fully saturated rings. The third-order valence-corrected chi connectivity index (χ3v) is 6.59. The van der Waals surface area contributed by atoms with Crippen LogP contribution in [0.2, 0.25) is 0 Å². The van der Waals surface area contributed by atoms with Crippen molar-refractivity contribution in [1.29, 1.82) is 5.26 Å². The second-order valence-corrected chi connectivity index (χ2v) is 8.82. The maximum absolute atomic E-state index is 12.4. The normalized spacial score (nSPS) is 21.0. The third kappa shape index (κ3) is 5.52. The molecule has 2 amide bonds. The number of carbonyl (C=O) groups excluding carboxylic acids is 2. The zero-order valence-corrected chi connectivity index (χ0v) is 17.8. The van der Waals surface area contributed by atoms with Crippen LogP contribution in [0.5, 0.6) is 0 Å². The number of likely N-dealkylation sites (tertiary alicyclic amines) is 1. The van der Waals surface area contributed by atoms with Gasteiger partial charge in [0.2, 0.25) is 11.8 Å². The van der Waals surface area contributed by atoms with E-state index in [0.29, 0.717) is 30.2 Å². The minimum absolute atomic E-state index is 0.0467. The lowest BCUT2D eigenvalue weighted by Gasteiger charge is -2.29. The van der Waals surface area contributed by atoms with E-state index in [1.165, 1.54) is 11.1 Å². The van der Waals surface area contributed by atoms with Gasteiger partial charge in [-0.15, -0.1) is 0 Å². The van der Waals surface area contributed by atoms with Gasteiger partial charge in [0.25, 0.3) is 0 Å². The molecule has 5 nitrogen and oxygen atoms in total. The standard InChI is InChI=1S/C26H29N3O2/c27-17-20-8-12-24(13-9-20)28-25(30)16-19-6-10-22(11-7-19)23-4-1-3-21(15-23)18-29-14-2-5-26(29)31/h1,3-4,8-9,12-13,15,19,22H,2,5-7,10-11,14,16,18H2,(H,28,30)/t19-,22+. The topological polar surface area (TPSA) is 73.2 Å². The second kappa shape index (κ2) is 9.78. The predicted octanol–water partition coefficient (Wildman–Crippen LogP) is 4.98. The Labute approximate surface area is 184 Å². The van der Waals surface area contributed by atoms with Crippen LogP contribution in [0, 0.1) is 17.2 Å². The molecule has 0 unspecified atom stereocenters. The maximum atomic E-state index is 12.4. The Bertz CT molecular complexity index is 969. The molecule has 2 aliphatic rings. The van der Waals surface area contributed by atoms with Crippen LogP contribution >= 0.6 is 0 Å². The van der Waals surface area contributed by atoms with Crippen molar-refractivity contribution in [1.82, 2.24) is 4.90 Å². The van der Waals surface area contributed by atoms with Crippen LogP contribution in [-0.2, 0) is 16.1 Å². The highest BCUT2D eigenvalue weighted by Gasteiger charge is 2.25. The molecule has 2 aromatic carbocycles. The average Bonchev–Trinajstić information content (AvgIpc) is 3.19. The van der Waals surface area contributed by atoms with Gasteiger partial charge in [0.05, 0.1) is 11.6 Å². The minimum Gasteiger partial charge on any atom is -0.338 e. The number of carbonyl (C=O) groups is 2. The first kappa shape index (κ1) is 21.1. The van der Waals surface area contributed by atoms with Crippen molar-refractivity contribution in [2.45, 2.75) is 57.4 Å². The first-order valence-electron chi connectivity index (χ1n) is 11.3. The van der Waals surface area contributed by atoms with Gasteiger partial charge in [-0.25, -0.2) is 0 Å². The molecule has 4 rings (SSSR count). The first-order valence-corrected chi connectivity index (χ1v) is 11.3. The Morgan fingerprint density at radius 3 is 2.55 bits per heavy atom. The van der Waals surface area contributed by atoms with Crippen molar-refractivity contribution in [3.8, 4) is 6.07 Å². The molecule has 5 heteroatoms. The smallest absolute Gasteiger partial charge is 0.224 e. The van der Waals surface area contributed by atoms with Gasteiger partial charge < -0.3 is 10.2 Å². The lowest BCUT2D eigenvalue weighted by molar-refractivity contribution is -0.128. The van der Waals surface area contributed by atoms with Gasteiger partial charge in [-0.2, -0.15) is 5.26 Å². The van der Waals surface area contributed by atoms with Gasteiger partial charge >= 0.3 is 0 Å². The Morgan fingerprint density at radius 2 is 1.87 bits per heavy atom. The number of nitriles is 1. The molecule has 0 aromatic heterocycles. The fraction of sp³-hybridized carbons (Fsp3) is 0.423. The van der Waals surface area contributed by atoms with E-state index in [0.717, 1.165) is 50.9 Å². The van der Waals surface area contributed by atoms with E-state index in [4.69, 9.17) is 5.26 Å². The van der Waals surface area contributed by atoms with Crippen molar-refractivity contribution in [3.63, 3.8) is 0 Å². The van der Waals surface area contributed by atoms with Crippen molar-refractivity contribution in [2.24, 2.45) is 5.92 Å². The summed E-state index contributed by atoms with van der Waals surface area (Å²) in [5, 5.41) is 11.8. The van der Waals surface area contributed by atoms with Gasteiger partial charge in [-0.1, -0.05) is 24.3 Å². The van der Waals surface area contributed by atoms with E-state index in [-0.39, 0.29) is 11.8 Å². The number of hydrogen-bond donors (Lipinski definition) is 1. The molecule has 0 radical (unpaired) electrons. The zero-order chi connectivity index (χ0) is 21.6. The predicted molar refractivity (Wildman–Crippen MR) is 120 cm³/mol. The first-order chi connectivity index (χ1) is 15.1. The summed E-state index contributed by atoms with van der Waals surface area (Å²) in [6, 6.07) is 17.8. The Hall–Kier alpha value is -3.13. The highest BCUT2D eigenvalue weighted by molar-refractivity contribution is 5.90. The van der Waals surface area contributed by atoms with E-state index >= 15 is 0 Å². The summed E-state index contributed by atoms with van der Waals surface area (Å²) in [5.74, 6) is 1.27. The van der Waals surface area contributed by atoms with Gasteiger partial charge in [0.1, 0.15) is 0 Å². The van der Waals surface area contributed by atoms with Crippen LogP contribution < -0.4 is 5.32 Å². The molecule has 1 saturated carbocycles. The van der Waals surface area contributed by atoms with E-state index < -0.39 is 0 Å². The third-order valence-electron chi connectivity index (χ3n) is 6.59. The van der Waals surface area contributed by atoms with Crippen LogP contribution in [0.1, 0.15) is 67.6 Å². The summed E-state index contributed by atoms with van der Waals surface area (Å²) in [4.78, 5) is 26.3. The quantitative estimate of drug-likeness (QED) is 0.723. The molecule has 0 bridgehead atoms. The fourth-order valence-electron chi connectivity index (χ4n) is 4.84. The summed E-state index contributed by atoms with van der Waals surface area (Å²) in [6.07, 6.45) is 6.51. The lowest BCUT2D eigenvalue weighted by atomic mass is 9.77. The van der Waals surface area contributed by atoms with Crippen LogP contribution in [0.15, 0.2) is 48.5 Å². The molecule has 2 aromatic rings. The van der Waals surface area contributed by atoms with Crippen molar-refractivity contribution < 1.29 is 9.59 Å². The SMILES string of the molecule is N#Cc1ccc(NC(=O)C[C@H]2CC[C@@H](c3cccc(CN4CCCC4=O)c3)CC2)cc1. The van der Waals surface area contributed by atoms with Crippen molar-refractivity contribution in [3.05, 3.63) is 65.2 Å². The lowest BCUT2D eigenvalue weighted by Crippen LogP contribution is -2.24. The Balaban J connectivity index is 1.26. The van der Waals surface area contributed by atoms with E-state index in [1.54, 1.807) is 24.3 Å². The average molecular weight is 416 g/mol. The number of amides is 2. The molecule has 1 N–H and O–H groups in total. The molecular formula is C26H29N3O2. The van der Waals surface area contributed by atoms with Crippen molar-refractivity contribution >= 4 is 17.5 Å². The molecule has 31 heavy (non-hydrogen) atoms. The number of nitrogens with zero attached hydrogens (tertiary/aromatic N) is 2. The highest BCUT2D eigenvalue weighted by atomic mass is 16.2. The Kier molecular flexibility index (Phi) is 6.66. The summed E-state index contributed by atoms with van der Waals surface area (Å²) in [6.45, 7) is 1.59. The van der Waals surface area contributed by atoms with E-state index in [2.05, 4.69) is 35.7 Å². The summed E-state index contributed by atoms with van der Waals surface area (Å²) in [7, 11) is 0. The fourth-order valence-corrected chi connectivity index (χ4v) is 4.84. The zero-order valence-electron chi connectivity index (χ0n) is 17.8. The van der Waals surface area contributed by atoms with E-state index in [1.807, 2.05) is 4.90 Å². The van der Waals surface area contributed by atoms with Crippen molar-refractivity contribution in [2.75, 3.05) is 11.9 Å². The number of hydrogen-bond acceptors (Lipinski definition) is 3. The maximum Gasteiger partial charge on any atom is 0.224 e. The second-order valence-electron chi connectivity index (χ2n) is 8.82. The molecule has 1 saturated heterocycles. The molecular weight excluding hydrogens is 386 g/mol. The molecule has 1 heterocycles. The largest absolute Gasteiger partial charge is 0.338 e. The van der Waals surface area contributed by atoms with Crippen LogP contribution in [0.3, 0.4) is 0 Å². The molecule has 0 atom stereocenters. The van der Waals surface area contributed by atoms with Gasteiger partial charge in [0, 0.05) is 31.6 Å². The van der Waals surface area contributed by atoms with Gasteiger partial charge in [-0.05, 0) is 79.3 Å². The summed E-state index contributed by atoms with van der Waals surface area (Å²) in [5.41, 5.74) is 3.92. The number of nitrogens with one attached hydrogen (secondary N) is 1. The van der Waals surface area contributed by atoms with E-state index in [9.17, 15) is 9.59 Å². The minimum atomic E-state index is 0.0467. The van der Waals surface area contributed by atoms with Gasteiger partial charge in [0.15, 0.2) is 0 Å². The number of benzene rings is 2. The monoisotopic (exact) mass is 415 g/mol. The molecule has 1 aliphatic carbocycles. The molecule has 1 aliphatic heterocycles. The van der Waals surface area contributed by atoms with Crippen LogP contribution in [0.25, 0.3) is 0 Å². The summed E-state index contributed by atoms with van der Waals surface area (Å²) < 4.78 is 0. The van der Waals surface area contributed by atoms with Crippen LogP contribution in [0.4, 0.5) is 5.69 Å².